The smallest absolute Gasteiger partial charge is 0.240 e. The molecule has 21 heavy (non-hydrogen) atoms. The Hall–Kier alpha value is -2.07. The molecule has 1 aromatic heterocycles. The minimum absolute atomic E-state index is 0.123. The zero-order valence-electron chi connectivity index (χ0n) is 12.0. The van der Waals surface area contributed by atoms with Gasteiger partial charge in [-0.05, 0) is 26.0 Å². The van der Waals surface area contributed by atoms with Crippen LogP contribution in [0.5, 0.6) is 0 Å². The molecule has 0 saturated carbocycles. The Kier molecular flexibility index (Phi) is 4.06. The van der Waals surface area contributed by atoms with Gasteiger partial charge in [-0.3, -0.25) is 0 Å². The van der Waals surface area contributed by atoms with Crippen molar-refractivity contribution in [2.45, 2.75) is 24.0 Å². The minimum Gasteiger partial charge on any atom is -0.338 e. The first-order valence-corrected chi connectivity index (χ1v) is 7.73. The summed E-state index contributed by atoms with van der Waals surface area (Å²) in [6, 6.07) is 18.3. The lowest BCUT2D eigenvalue weighted by Gasteiger charge is -2.06. The average Bonchev–Trinajstić information content (AvgIpc) is 3.00. The van der Waals surface area contributed by atoms with Crippen LogP contribution >= 0.6 is 11.8 Å². The number of hydrogen-bond acceptors (Lipinski definition) is 4. The van der Waals surface area contributed by atoms with Gasteiger partial charge >= 0.3 is 0 Å². The molecule has 0 unspecified atom stereocenters. The van der Waals surface area contributed by atoms with Gasteiger partial charge in [0.1, 0.15) is 0 Å². The van der Waals surface area contributed by atoms with Crippen LogP contribution in [0.2, 0.25) is 0 Å². The highest BCUT2D eigenvalue weighted by atomic mass is 32.2. The molecule has 0 spiro atoms. The Bertz CT molecular complexity index is 707. The summed E-state index contributed by atoms with van der Waals surface area (Å²) in [5.74, 6) is 1.29. The van der Waals surface area contributed by atoms with E-state index in [4.69, 9.17) is 4.52 Å². The summed E-state index contributed by atoms with van der Waals surface area (Å²) in [7, 11) is 0. The summed E-state index contributed by atoms with van der Waals surface area (Å²) >= 11 is 1.72. The minimum atomic E-state index is 0.123. The fourth-order valence-electron chi connectivity index (χ4n) is 1.98. The third kappa shape index (κ3) is 3.34. The Morgan fingerprint density at radius 3 is 2.43 bits per heavy atom. The second kappa shape index (κ2) is 6.14. The van der Waals surface area contributed by atoms with Crippen LogP contribution in [0.4, 0.5) is 0 Å². The lowest BCUT2D eigenvalue weighted by atomic mass is 10.2. The fourth-order valence-corrected chi connectivity index (χ4v) is 2.87. The number of aromatic nitrogens is 2. The van der Waals surface area contributed by atoms with Crippen LogP contribution in [0, 0.1) is 6.92 Å². The number of benzene rings is 2. The molecule has 0 radical (unpaired) electrons. The van der Waals surface area contributed by atoms with Crippen LogP contribution in [-0.2, 0) is 0 Å². The van der Waals surface area contributed by atoms with Crippen molar-refractivity contribution in [2.75, 3.05) is 0 Å². The molecule has 0 saturated heterocycles. The first-order valence-electron chi connectivity index (χ1n) is 6.85. The summed E-state index contributed by atoms with van der Waals surface area (Å²) in [5.41, 5.74) is 2.23. The van der Waals surface area contributed by atoms with Crippen LogP contribution in [-0.4, -0.2) is 10.1 Å². The van der Waals surface area contributed by atoms with Crippen molar-refractivity contribution in [1.82, 2.24) is 10.1 Å². The van der Waals surface area contributed by atoms with Crippen LogP contribution in [0.3, 0.4) is 0 Å². The third-order valence-electron chi connectivity index (χ3n) is 3.16. The number of thioether (sulfide) groups is 1. The SMILES string of the molecule is Cc1ccc(S[C@@H](C)c2nc(-c3ccccc3)no2)cc1. The van der Waals surface area contributed by atoms with Crippen LogP contribution in [0.25, 0.3) is 11.4 Å². The molecule has 0 amide bonds. The lowest BCUT2D eigenvalue weighted by Crippen LogP contribution is -1.89. The van der Waals surface area contributed by atoms with Gasteiger partial charge in [-0.15, -0.1) is 11.8 Å². The van der Waals surface area contributed by atoms with Crippen molar-refractivity contribution in [1.29, 1.82) is 0 Å². The van der Waals surface area contributed by atoms with Gasteiger partial charge in [-0.2, -0.15) is 4.98 Å². The van der Waals surface area contributed by atoms with E-state index in [1.54, 1.807) is 11.8 Å². The Labute approximate surface area is 128 Å². The maximum Gasteiger partial charge on any atom is 0.240 e. The van der Waals surface area contributed by atoms with Gasteiger partial charge in [0.2, 0.25) is 11.7 Å². The number of aryl methyl sites for hydroxylation is 1. The largest absolute Gasteiger partial charge is 0.338 e. The van der Waals surface area contributed by atoms with Gasteiger partial charge in [0.15, 0.2) is 0 Å². The summed E-state index contributed by atoms with van der Waals surface area (Å²) in [4.78, 5) is 5.70. The molecular weight excluding hydrogens is 280 g/mol. The van der Waals surface area contributed by atoms with E-state index in [0.717, 1.165) is 5.56 Å². The van der Waals surface area contributed by atoms with E-state index < -0.39 is 0 Å². The zero-order chi connectivity index (χ0) is 14.7. The van der Waals surface area contributed by atoms with Crippen LogP contribution < -0.4 is 0 Å². The molecule has 0 aliphatic carbocycles. The van der Waals surface area contributed by atoms with E-state index in [1.165, 1.54) is 10.5 Å². The molecule has 1 atom stereocenters. The Morgan fingerprint density at radius 1 is 1.00 bits per heavy atom. The topological polar surface area (TPSA) is 38.9 Å². The summed E-state index contributed by atoms with van der Waals surface area (Å²) in [6.07, 6.45) is 0. The van der Waals surface area contributed by atoms with Gasteiger partial charge in [0, 0.05) is 10.5 Å². The molecule has 0 bridgehead atoms. The van der Waals surface area contributed by atoms with Crippen LogP contribution in [0.1, 0.15) is 23.6 Å². The van der Waals surface area contributed by atoms with Crippen LogP contribution in [0.15, 0.2) is 64.0 Å². The normalized spacial score (nSPS) is 12.3. The molecule has 3 aromatic rings. The molecule has 0 aliphatic heterocycles. The molecule has 4 heteroatoms. The van der Waals surface area contributed by atoms with Crippen molar-refractivity contribution in [3.63, 3.8) is 0 Å². The van der Waals surface area contributed by atoms with E-state index in [2.05, 4.69) is 48.3 Å². The zero-order valence-corrected chi connectivity index (χ0v) is 12.8. The second-order valence-corrected chi connectivity index (χ2v) is 6.31. The average molecular weight is 296 g/mol. The van der Waals surface area contributed by atoms with E-state index in [0.29, 0.717) is 11.7 Å². The number of nitrogens with zero attached hydrogens (tertiary/aromatic N) is 2. The van der Waals surface area contributed by atoms with Gasteiger partial charge in [-0.25, -0.2) is 0 Å². The van der Waals surface area contributed by atoms with E-state index >= 15 is 0 Å². The van der Waals surface area contributed by atoms with E-state index in [9.17, 15) is 0 Å². The predicted molar refractivity (Wildman–Crippen MR) is 85.2 cm³/mol. The van der Waals surface area contributed by atoms with E-state index in [-0.39, 0.29) is 5.25 Å². The molecule has 0 aliphatic rings. The van der Waals surface area contributed by atoms with Gasteiger partial charge in [-0.1, -0.05) is 53.2 Å². The monoisotopic (exact) mass is 296 g/mol. The third-order valence-corrected chi connectivity index (χ3v) is 4.25. The van der Waals surface area contributed by atoms with Gasteiger partial charge in [0.05, 0.1) is 5.25 Å². The molecule has 1 heterocycles. The highest BCUT2D eigenvalue weighted by Crippen LogP contribution is 2.34. The van der Waals surface area contributed by atoms with Crippen molar-refractivity contribution in [2.24, 2.45) is 0 Å². The van der Waals surface area contributed by atoms with E-state index in [1.807, 2.05) is 30.3 Å². The molecule has 3 rings (SSSR count). The lowest BCUT2D eigenvalue weighted by molar-refractivity contribution is 0.381. The number of hydrogen-bond donors (Lipinski definition) is 0. The summed E-state index contributed by atoms with van der Waals surface area (Å²) in [5, 5.41) is 4.19. The molecular formula is C17H16N2OS. The standard InChI is InChI=1S/C17H16N2OS/c1-12-8-10-15(11-9-12)21-13(2)17-18-16(19-20-17)14-6-4-3-5-7-14/h3-11,13H,1-2H3/t13-/m0/s1. The highest BCUT2D eigenvalue weighted by Gasteiger charge is 2.16. The quantitative estimate of drug-likeness (QED) is 0.642. The molecule has 106 valence electrons. The predicted octanol–water partition coefficient (Wildman–Crippen LogP) is 4.90. The first-order chi connectivity index (χ1) is 10.2. The van der Waals surface area contributed by atoms with Crippen molar-refractivity contribution >= 4 is 11.8 Å². The van der Waals surface area contributed by atoms with Gasteiger partial charge in [0.25, 0.3) is 0 Å². The summed E-state index contributed by atoms with van der Waals surface area (Å²) in [6.45, 7) is 4.16. The molecule has 3 nitrogen and oxygen atoms in total. The maximum atomic E-state index is 5.39. The number of rotatable bonds is 4. The highest BCUT2D eigenvalue weighted by molar-refractivity contribution is 7.99. The van der Waals surface area contributed by atoms with Gasteiger partial charge < -0.3 is 4.52 Å². The van der Waals surface area contributed by atoms with Crippen molar-refractivity contribution in [3.05, 3.63) is 66.1 Å². The van der Waals surface area contributed by atoms with Crippen molar-refractivity contribution in [3.8, 4) is 11.4 Å². The molecule has 2 aromatic carbocycles. The molecule has 0 fully saturated rings. The summed E-state index contributed by atoms with van der Waals surface area (Å²) < 4.78 is 5.39. The second-order valence-electron chi connectivity index (χ2n) is 4.90. The maximum absolute atomic E-state index is 5.39. The van der Waals surface area contributed by atoms with Crippen molar-refractivity contribution < 1.29 is 4.52 Å². The Balaban J connectivity index is 1.75. The fraction of sp³-hybridized carbons (Fsp3) is 0.176. The molecule has 0 N–H and O–H groups in total. The first kappa shape index (κ1) is 13.9. The Morgan fingerprint density at radius 2 is 1.71 bits per heavy atom.